The van der Waals surface area contributed by atoms with Gasteiger partial charge in [0.05, 0.1) is 21.8 Å². The Hall–Kier alpha value is -8.15. The van der Waals surface area contributed by atoms with Gasteiger partial charge in [0.1, 0.15) is 11.5 Å². The maximum Gasteiger partial charge on any atom is 0.164 e. The number of benzene rings is 9. The normalized spacial score (nSPS) is 13.2. The van der Waals surface area contributed by atoms with E-state index in [0.29, 0.717) is 17.5 Å². The summed E-state index contributed by atoms with van der Waals surface area (Å²) in [5, 5.41) is 4.59. The third-order valence-electron chi connectivity index (χ3n) is 12.7. The molecule has 3 heterocycles. The molecule has 0 amide bonds. The number of rotatable bonds is 4. The lowest BCUT2D eigenvalue weighted by atomic mass is 9.66. The molecular formula is C56H34N4O. The molecule has 11 aromatic rings. The van der Waals surface area contributed by atoms with E-state index in [0.717, 1.165) is 66.8 Å². The highest BCUT2D eigenvalue weighted by molar-refractivity contribution is 6.23. The molecule has 0 radical (unpaired) electrons. The minimum Gasteiger partial charge on any atom is -0.456 e. The first-order valence-corrected chi connectivity index (χ1v) is 20.7. The van der Waals surface area contributed by atoms with E-state index in [4.69, 9.17) is 19.7 Å². The highest BCUT2D eigenvalue weighted by Gasteiger charge is 2.51. The SMILES string of the molecule is c1ccc(-c2nc(-c3ccccc3)nc(-c3cccc(-n4c5ccc6c(c5c5c7ccccc7ccc54)Oc4ccccc4C64c5ccccc5-c5ccccc54)c3)n2)cc1. The first kappa shape index (κ1) is 33.8. The molecule has 2 aliphatic rings. The van der Waals surface area contributed by atoms with Crippen molar-refractivity contribution >= 4 is 32.6 Å². The van der Waals surface area contributed by atoms with Crippen LogP contribution < -0.4 is 4.74 Å². The molecule has 0 unspecified atom stereocenters. The van der Waals surface area contributed by atoms with E-state index in [2.05, 4.69) is 150 Å². The molecule has 0 bridgehead atoms. The second-order valence-corrected chi connectivity index (χ2v) is 15.9. The van der Waals surface area contributed by atoms with Crippen molar-refractivity contribution in [2.45, 2.75) is 5.41 Å². The molecule has 1 spiro atoms. The smallest absolute Gasteiger partial charge is 0.164 e. The van der Waals surface area contributed by atoms with E-state index in [9.17, 15) is 0 Å². The van der Waals surface area contributed by atoms with Gasteiger partial charge in [-0.25, -0.2) is 15.0 Å². The molecule has 0 N–H and O–H groups in total. The zero-order valence-corrected chi connectivity index (χ0v) is 32.8. The highest BCUT2D eigenvalue weighted by atomic mass is 16.5. The third kappa shape index (κ3) is 4.80. The van der Waals surface area contributed by atoms with Gasteiger partial charge in [-0.15, -0.1) is 0 Å². The van der Waals surface area contributed by atoms with Gasteiger partial charge in [-0.3, -0.25) is 0 Å². The minimum absolute atomic E-state index is 0.573. The van der Waals surface area contributed by atoms with Crippen molar-refractivity contribution in [2.24, 2.45) is 0 Å². The molecule has 13 rings (SSSR count). The second-order valence-electron chi connectivity index (χ2n) is 15.9. The molecule has 0 saturated carbocycles. The van der Waals surface area contributed by atoms with Crippen molar-refractivity contribution in [3.05, 3.63) is 229 Å². The predicted molar refractivity (Wildman–Crippen MR) is 245 cm³/mol. The molecular weight excluding hydrogens is 745 g/mol. The van der Waals surface area contributed by atoms with Crippen molar-refractivity contribution in [2.75, 3.05) is 0 Å². The Bertz CT molecular complexity index is 3470. The lowest BCUT2D eigenvalue weighted by Gasteiger charge is -2.39. The summed E-state index contributed by atoms with van der Waals surface area (Å²) < 4.78 is 9.66. The number of nitrogens with zero attached hydrogens (tertiary/aromatic N) is 4. The molecule has 9 aromatic carbocycles. The van der Waals surface area contributed by atoms with Crippen LogP contribution in [0.15, 0.2) is 206 Å². The van der Waals surface area contributed by atoms with Crippen LogP contribution in [0.1, 0.15) is 22.3 Å². The fourth-order valence-electron chi connectivity index (χ4n) is 10.2. The maximum absolute atomic E-state index is 7.28. The number of hydrogen-bond acceptors (Lipinski definition) is 4. The van der Waals surface area contributed by atoms with E-state index >= 15 is 0 Å². The lowest BCUT2D eigenvalue weighted by molar-refractivity contribution is 0.442. The van der Waals surface area contributed by atoms with Crippen LogP contribution in [0.5, 0.6) is 11.5 Å². The van der Waals surface area contributed by atoms with Crippen LogP contribution in [0.25, 0.3) is 83.6 Å². The molecule has 2 aromatic heterocycles. The van der Waals surface area contributed by atoms with Gasteiger partial charge in [0.2, 0.25) is 0 Å². The van der Waals surface area contributed by atoms with E-state index in [-0.39, 0.29) is 0 Å². The Labute approximate surface area is 351 Å². The average Bonchev–Trinajstić information content (AvgIpc) is 3.84. The Morgan fingerprint density at radius 1 is 0.393 bits per heavy atom. The summed E-state index contributed by atoms with van der Waals surface area (Å²) in [6, 6.07) is 73.0. The highest BCUT2D eigenvalue weighted by Crippen LogP contribution is 2.63. The van der Waals surface area contributed by atoms with Gasteiger partial charge in [0.15, 0.2) is 17.5 Å². The molecule has 5 nitrogen and oxygen atoms in total. The van der Waals surface area contributed by atoms with Crippen LogP contribution in [0.2, 0.25) is 0 Å². The van der Waals surface area contributed by atoms with Crippen molar-refractivity contribution < 1.29 is 4.74 Å². The maximum atomic E-state index is 7.28. The van der Waals surface area contributed by atoms with Crippen LogP contribution in [0, 0.1) is 0 Å². The molecule has 0 saturated heterocycles. The van der Waals surface area contributed by atoms with Crippen LogP contribution in [-0.2, 0) is 5.41 Å². The molecule has 284 valence electrons. The van der Waals surface area contributed by atoms with Gasteiger partial charge in [-0.2, -0.15) is 0 Å². The van der Waals surface area contributed by atoms with Crippen LogP contribution >= 0.6 is 0 Å². The summed E-state index contributed by atoms with van der Waals surface area (Å²) in [7, 11) is 0. The third-order valence-corrected chi connectivity index (χ3v) is 12.7. The van der Waals surface area contributed by atoms with Crippen molar-refractivity contribution in [1.29, 1.82) is 0 Å². The summed E-state index contributed by atoms with van der Waals surface area (Å²) in [6.07, 6.45) is 0. The lowest BCUT2D eigenvalue weighted by Crippen LogP contribution is -2.32. The number of para-hydroxylation sites is 1. The Kier molecular flexibility index (Phi) is 7.16. The van der Waals surface area contributed by atoms with E-state index in [1.54, 1.807) is 0 Å². The topological polar surface area (TPSA) is 52.8 Å². The number of aromatic nitrogens is 4. The summed E-state index contributed by atoms with van der Waals surface area (Å²) in [6.45, 7) is 0. The van der Waals surface area contributed by atoms with Gasteiger partial charge in [0, 0.05) is 38.9 Å². The predicted octanol–water partition coefficient (Wildman–Crippen LogP) is 13.6. The van der Waals surface area contributed by atoms with Crippen molar-refractivity contribution in [3.8, 4) is 62.5 Å². The van der Waals surface area contributed by atoms with Crippen LogP contribution in [0.3, 0.4) is 0 Å². The monoisotopic (exact) mass is 778 g/mol. The number of ether oxygens (including phenoxy) is 1. The first-order chi connectivity index (χ1) is 30.3. The first-order valence-electron chi connectivity index (χ1n) is 20.7. The largest absolute Gasteiger partial charge is 0.456 e. The Morgan fingerprint density at radius 2 is 0.934 bits per heavy atom. The van der Waals surface area contributed by atoms with E-state index in [1.165, 1.54) is 33.0 Å². The molecule has 1 aliphatic heterocycles. The fraction of sp³-hybridized carbons (Fsp3) is 0.0179. The average molecular weight is 779 g/mol. The van der Waals surface area contributed by atoms with Gasteiger partial charge < -0.3 is 9.30 Å². The fourth-order valence-corrected chi connectivity index (χ4v) is 10.2. The second kappa shape index (κ2) is 12.9. The van der Waals surface area contributed by atoms with E-state index < -0.39 is 5.41 Å². The summed E-state index contributed by atoms with van der Waals surface area (Å²) in [5.74, 6) is 3.63. The van der Waals surface area contributed by atoms with Crippen molar-refractivity contribution in [3.63, 3.8) is 0 Å². The van der Waals surface area contributed by atoms with Gasteiger partial charge >= 0.3 is 0 Å². The minimum atomic E-state index is -0.573. The zero-order valence-electron chi connectivity index (χ0n) is 32.8. The zero-order chi connectivity index (χ0) is 40.1. The van der Waals surface area contributed by atoms with Gasteiger partial charge in [-0.1, -0.05) is 176 Å². The Morgan fingerprint density at radius 3 is 1.64 bits per heavy atom. The number of hydrogen-bond donors (Lipinski definition) is 0. The van der Waals surface area contributed by atoms with Gasteiger partial charge in [-0.05, 0) is 63.4 Å². The summed E-state index contributed by atoms with van der Waals surface area (Å²) >= 11 is 0. The quantitative estimate of drug-likeness (QED) is 0.179. The van der Waals surface area contributed by atoms with Crippen LogP contribution in [0.4, 0.5) is 0 Å². The standard InChI is InChI=1S/C56H34N4O/c1-3-17-36(18-4-1)53-57-54(37-19-5-2-6-20-37)59-55(58-53)38-21-15-22-39(34-38)60-47-32-30-35-16-7-8-23-40(35)50(47)51-48(60)33-31-46-52(51)61-49-29-14-13-28-45(49)56(46)43-26-11-9-24-41(43)42-25-10-12-27-44(42)56/h1-34H. The van der Waals surface area contributed by atoms with Crippen molar-refractivity contribution in [1.82, 2.24) is 19.5 Å². The summed E-state index contributed by atoms with van der Waals surface area (Å²) in [4.78, 5) is 15.1. The Balaban J connectivity index is 1.10. The molecule has 0 atom stereocenters. The molecule has 1 aliphatic carbocycles. The molecule has 61 heavy (non-hydrogen) atoms. The van der Waals surface area contributed by atoms with Gasteiger partial charge in [0.25, 0.3) is 0 Å². The van der Waals surface area contributed by atoms with E-state index in [1.807, 2.05) is 60.7 Å². The molecule has 5 heteroatoms. The van der Waals surface area contributed by atoms with Crippen LogP contribution in [-0.4, -0.2) is 19.5 Å². The summed E-state index contributed by atoms with van der Waals surface area (Å²) in [5.41, 5.74) is 12.7. The number of fused-ring (bicyclic) bond motifs is 15. The molecule has 0 fully saturated rings.